The molecule has 0 aliphatic heterocycles. The molecule has 2 aromatic rings. The van der Waals surface area contributed by atoms with E-state index in [9.17, 15) is 19.2 Å². The SMILES string of the molecule is CCOC(=O)c1ccc(N(CC)CCNC(=O)COCC(=O)NCCN(CC)c2ccc(C(=O)OCC)cc2)cc1. The molecule has 0 aromatic heterocycles. The Morgan fingerprint density at radius 2 is 0.976 bits per heavy atom. The fourth-order valence-corrected chi connectivity index (χ4v) is 3.98. The highest BCUT2D eigenvalue weighted by atomic mass is 16.5. The highest BCUT2D eigenvalue weighted by Gasteiger charge is 2.12. The number of hydrogen-bond acceptors (Lipinski definition) is 9. The Morgan fingerprint density at radius 1 is 0.610 bits per heavy atom. The Kier molecular flexibility index (Phi) is 14.7. The molecule has 0 radical (unpaired) electrons. The van der Waals surface area contributed by atoms with Crippen LogP contribution >= 0.6 is 0 Å². The molecule has 0 saturated heterocycles. The first kappa shape index (κ1) is 33.1. The van der Waals surface area contributed by atoms with Crippen molar-refractivity contribution >= 4 is 35.1 Å². The van der Waals surface area contributed by atoms with Gasteiger partial charge in [-0.25, -0.2) is 9.59 Å². The first-order valence-electron chi connectivity index (χ1n) is 14.0. The van der Waals surface area contributed by atoms with Crippen LogP contribution in [0.5, 0.6) is 0 Å². The minimum Gasteiger partial charge on any atom is -0.462 e. The Hall–Kier alpha value is -4.12. The van der Waals surface area contributed by atoms with Crippen LogP contribution in [0.25, 0.3) is 0 Å². The molecule has 11 nitrogen and oxygen atoms in total. The molecule has 0 fully saturated rings. The van der Waals surface area contributed by atoms with Gasteiger partial charge in [-0.1, -0.05) is 0 Å². The van der Waals surface area contributed by atoms with Crippen LogP contribution in [0.1, 0.15) is 48.4 Å². The highest BCUT2D eigenvalue weighted by Crippen LogP contribution is 2.16. The minimum absolute atomic E-state index is 0.221. The number of amides is 2. The second-order valence-corrected chi connectivity index (χ2v) is 8.89. The van der Waals surface area contributed by atoms with Gasteiger partial charge in [-0.3, -0.25) is 9.59 Å². The monoisotopic (exact) mass is 570 g/mol. The maximum absolute atomic E-state index is 12.1. The summed E-state index contributed by atoms with van der Waals surface area (Å²) >= 11 is 0. The summed E-state index contributed by atoms with van der Waals surface area (Å²) < 4.78 is 15.3. The number of nitrogens with zero attached hydrogens (tertiary/aromatic N) is 2. The molecule has 2 amide bonds. The van der Waals surface area contributed by atoms with Crippen molar-refractivity contribution < 1.29 is 33.4 Å². The number of rotatable bonds is 18. The first-order valence-corrected chi connectivity index (χ1v) is 14.0. The van der Waals surface area contributed by atoms with E-state index in [1.54, 1.807) is 38.1 Å². The van der Waals surface area contributed by atoms with E-state index in [0.717, 1.165) is 24.5 Å². The quantitative estimate of drug-likeness (QED) is 0.260. The number of anilines is 2. The lowest BCUT2D eigenvalue weighted by Gasteiger charge is -2.23. The van der Waals surface area contributed by atoms with E-state index in [1.807, 2.05) is 38.1 Å². The van der Waals surface area contributed by atoms with Gasteiger partial charge in [0, 0.05) is 50.6 Å². The molecule has 0 heterocycles. The number of esters is 2. The Morgan fingerprint density at radius 3 is 1.29 bits per heavy atom. The zero-order chi connectivity index (χ0) is 30.0. The lowest BCUT2D eigenvalue weighted by molar-refractivity contribution is -0.130. The van der Waals surface area contributed by atoms with Crippen LogP contribution in [0.2, 0.25) is 0 Å². The summed E-state index contributed by atoms with van der Waals surface area (Å²) in [7, 11) is 0. The van der Waals surface area contributed by atoms with Crippen molar-refractivity contribution in [1.82, 2.24) is 10.6 Å². The summed E-state index contributed by atoms with van der Waals surface area (Å²) in [4.78, 5) is 52.1. The van der Waals surface area contributed by atoms with Crippen molar-refractivity contribution in [2.24, 2.45) is 0 Å². The largest absolute Gasteiger partial charge is 0.462 e. The molecular formula is C30H42N4O7. The number of hydrogen-bond donors (Lipinski definition) is 2. The first-order chi connectivity index (χ1) is 19.8. The van der Waals surface area contributed by atoms with Crippen molar-refractivity contribution in [2.45, 2.75) is 27.7 Å². The normalized spacial score (nSPS) is 10.4. The predicted octanol–water partition coefficient (Wildman–Crippen LogP) is 2.64. The van der Waals surface area contributed by atoms with Gasteiger partial charge in [0.25, 0.3) is 0 Å². The van der Waals surface area contributed by atoms with Crippen molar-refractivity contribution in [3.05, 3.63) is 59.7 Å². The molecule has 11 heteroatoms. The fourth-order valence-electron chi connectivity index (χ4n) is 3.98. The van der Waals surface area contributed by atoms with Crippen LogP contribution < -0.4 is 20.4 Å². The summed E-state index contributed by atoms with van der Waals surface area (Å²) in [6.45, 7) is 11.1. The van der Waals surface area contributed by atoms with Gasteiger partial charge >= 0.3 is 11.9 Å². The third-order valence-corrected chi connectivity index (χ3v) is 6.12. The molecular weight excluding hydrogens is 528 g/mol. The van der Waals surface area contributed by atoms with Gasteiger partial charge in [-0.2, -0.15) is 0 Å². The van der Waals surface area contributed by atoms with Crippen molar-refractivity contribution in [2.75, 3.05) is 75.5 Å². The molecule has 0 aliphatic carbocycles. The zero-order valence-electron chi connectivity index (χ0n) is 24.4. The van der Waals surface area contributed by atoms with E-state index >= 15 is 0 Å². The summed E-state index contributed by atoms with van der Waals surface area (Å²) in [6, 6.07) is 14.3. The van der Waals surface area contributed by atoms with E-state index in [-0.39, 0.29) is 37.0 Å². The fraction of sp³-hybridized carbons (Fsp3) is 0.467. The van der Waals surface area contributed by atoms with Gasteiger partial charge in [0.05, 0.1) is 24.3 Å². The zero-order valence-corrected chi connectivity index (χ0v) is 24.4. The van der Waals surface area contributed by atoms with Crippen LogP contribution in [0.3, 0.4) is 0 Å². The van der Waals surface area contributed by atoms with Gasteiger partial charge in [0.2, 0.25) is 11.8 Å². The number of carbonyl (C=O) groups is 4. The van der Waals surface area contributed by atoms with Gasteiger partial charge < -0.3 is 34.6 Å². The van der Waals surface area contributed by atoms with Crippen LogP contribution in [0.15, 0.2) is 48.5 Å². The van der Waals surface area contributed by atoms with Crippen molar-refractivity contribution in [1.29, 1.82) is 0 Å². The second-order valence-electron chi connectivity index (χ2n) is 8.89. The number of likely N-dealkylation sites (N-methyl/N-ethyl adjacent to an activating group) is 2. The average molecular weight is 571 g/mol. The van der Waals surface area contributed by atoms with Crippen LogP contribution in [-0.4, -0.2) is 89.4 Å². The van der Waals surface area contributed by atoms with E-state index in [2.05, 4.69) is 20.4 Å². The Balaban J connectivity index is 1.64. The summed E-state index contributed by atoms with van der Waals surface area (Å²) in [5.41, 5.74) is 2.84. The molecule has 0 spiro atoms. The summed E-state index contributed by atoms with van der Waals surface area (Å²) in [6.07, 6.45) is 0. The van der Waals surface area contributed by atoms with Crippen LogP contribution in [-0.2, 0) is 23.8 Å². The third kappa shape index (κ3) is 11.5. The van der Waals surface area contributed by atoms with Gasteiger partial charge in [0.15, 0.2) is 0 Å². The smallest absolute Gasteiger partial charge is 0.338 e. The molecule has 0 atom stereocenters. The number of nitrogens with one attached hydrogen (secondary N) is 2. The molecule has 0 unspecified atom stereocenters. The molecule has 41 heavy (non-hydrogen) atoms. The lowest BCUT2D eigenvalue weighted by Crippen LogP contribution is -2.38. The highest BCUT2D eigenvalue weighted by molar-refractivity contribution is 5.90. The molecule has 0 saturated carbocycles. The van der Waals surface area contributed by atoms with E-state index in [4.69, 9.17) is 14.2 Å². The average Bonchev–Trinajstić information content (AvgIpc) is 2.98. The minimum atomic E-state index is -0.356. The van der Waals surface area contributed by atoms with Gasteiger partial charge in [-0.15, -0.1) is 0 Å². The Bertz CT molecular complexity index is 1020. The standard InChI is InChI=1S/C30H42N4O7/c1-5-33(25-13-9-23(10-14-25)29(37)40-7-3)19-17-31-27(35)21-39-22-28(36)32-18-20-34(6-2)26-15-11-24(12-16-26)30(38)41-8-4/h9-16H,5-8,17-22H2,1-4H3,(H,31,35)(H,32,36). The molecule has 224 valence electrons. The predicted molar refractivity (Wildman–Crippen MR) is 157 cm³/mol. The second kappa shape index (κ2) is 18.3. The molecule has 2 aromatic carbocycles. The van der Waals surface area contributed by atoms with Gasteiger partial charge in [0.1, 0.15) is 13.2 Å². The van der Waals surface area contributed by atoms with Gasteiger partial charge in [-0.05, 0) is 76.2 Å². The van der Waals surface area contributed by atoms with E-state index in [0.29, 0.717) is 50.5 Å². The summed E-state index contributed by atoms with van der Waals surface area (Å²) in [5, 5.41) is 5.58. The lowest BCUT2D eigenvalue weighted by atomic mass is 10.2. The molecule has 0 aliphatic rings. The van der Waals surface area contributed by atoms with E-state index < -0.39 is 0 Å². The van der Waals surface area contributed by atoms with E-state index in [1.165, 1.54) is 0 Å². The number of carbonyl (C=O) groups excluding carboxylic acids is 4. The van der Waals surface area contributed by atoms with Crippen molar-refractivity contribution in [3.63, 3.8) is 0 Å². The summed E-state index contributed by atoms with van der Waals surface area (Å²) in [5.74, 6) is -1.33. The Labute approximate surface area is 242 Å². The topological polar surface area (TPSA) is 127 Å². The third-order valence-electron chi connectivity index (χ3n) is 6.12. The number of benzene rings is 2. The van der Waals surface area contributed by atoms with Crippen LogP contribution in [0, 0.1) is 0 Å². The van der Waals surface area contributed by atoms with Crippen molar-refractivity contribution in [3.8, 4) is 0 Å². The number of ether oxygens (including phenoxy) is 3. The molecule has 2 rings (SSSR count). The maximum atomic E-state index is 12.1. The molecule has 2 N–H and O–H groups in total. The maximum Gasteiger partial charge on any atom is 0.338 e. The molecule has 0 bridgehead atoms. The van der Waals surface area contributed by atoms with Crippen LogP contribution in [0.4, 0.5) is 11.4 Å².